The number of carboxylic acids is 1. The lowest BCUT2D eigenvalue weighted by molar-refractivity contribution is -0.178. The van der Waals surface area contributed by atoms with Crippen molar-refractivity contribution in [3.8, 4) is 6.07 Å². The third-order valence-electron chi connectivity index (χ3n) is 4.95. The van der Waals surface area contributed by atoms with Crippen LogP contribution in [0.3, 0.4) is 0 Å². The van der Waals surface area contributed by atoms with Crippen molar-refractivity contribution in [1.29, 1.82) is 5.26 Å². The summed E-state index contributed by atoms with van der Waals surface area (Å²) in [7, 11) is 0. The molecule has 0 aromatic heterocycles. The number of aliphatic carboxylic acids is 1. The van der Waals surface area contributed by atoms with Gasteiger partial charge in [0.05, 0.1) is 29.0 Å². The number of alkyl halides is 3. The summed E-state index contributed by atoms with van der Waals surface area (Å²) in [5, 5.41) is 21.1. The molecule has 2 aromatic carbocycles. The van der Waals surface area contributed by atoms with E-state index in [1.807, 2.05) is 6.07 Å². The average molecular weight is 453 g/mol. The maximum absolute atomic E-state index is 13.5. The van der Waals surface area contributed by atoms with Crippen LogP contribution in [0.2, 0.25) is 5.02 Å². The van der Waals surface area contributed by atoms with Crippen LogP contribution >= 0.6 is 11.6 Å². The lowest BCUT2D eigenvalue weighted by Crippen LogP contribution is -2.34. The largest absolute Gasteiger partial charge is 0.481 e. The second-order valence-electron chi connectivity index (χ2n) is 7.28. The van der Waals surface area contributed by atoms with Gasteiger partial charge >= 0.3 is 12.1 Å². The Morgan fingerprint density at radius 3 is 2.29 bits per heavy atom. The summed E-state index contributed by atoms with van der Waals surface area (Å²) in [5.41, 5.74) is 0.725. The van der Waals surface area contributed by atoms with Gasteiger partial charge in [-0.1, -0.05) is 43.6 Å². The lowest BCUT2D eigenvalue weighted by Gasteiger charge is -2.26. The third kappa shape index (κ3) is 6.22. The van der Waals surface area contributed by atoms with Gasteiger partial charge in [-0.2, -0.15) is 18.4 Å². The average Bonchev–Trinajstić information content (AvgIpc) is 2.69. The number of rotatable bonds is 7. The van der Waals surface area contributed by atoms with E-state index < -0.39 is 35.8 Å². The summed E-state index contributed by atoms with van der Waals surface area (Å²) in [6, 6.07) is 11.7. The molecule has 0 fully saturated rings. The predicted octanol–water partition coefficient (Wildman–Crippen LogP) is 5.40. The van der Waals surface area contributed by atoms with Crippen LogP contribution in [-0.4, -0.2) is 23.2 Å². The number of halogens is 4. The number of carbonyl (C=O) groups is 2. The number of benzene rings is 2. The van der Waals surface area contributed by atoms with Crippen LogP contribution in [0.1, 0.15) is 36.5 Å². The van der Waals surface area contributed by atoms with Crippen molar-refractivity contribution in [3.05, 3.63) is 64.2 Å². The van der Waals surface area contributed by atoms with Gasteiger partial charge in [-0.15, -0.1) is 0 Å². The zero-order chi connectivity index (χ0) is 23.3. The minimum atomic E-state index is -4.64. The van der Waals surface area contributed by atoms with Crippen molar-refractivity contribution >= 4 is 29.2 Å². The number of nitriles is 1. The highest BCUT2D eigenvalue weighted by molar-refractivity contribution is 6.30. The number of hydrogen-bond acceptors (Lipinski definition) is 3. The van der Waals surface area contributed by atoms with E-state index in [2.05, 4.69) is 5.32 Å². The highest BCUT2D eigenvalue weighted by atomic mass is 35.5. The fourth-order valence-corrected chi connectivity index (χ4v) is 3.22. The minimum absolute atomic E-state index is 0.0240. The molecular weight excluding hydrogens is 433 g/mol. The molecule has 5 nitrogen and oxygen atoms in total. The fourth-order valence-electron chi connectivity index (χ4n) is 3.10. The Balaban J connectivity index is 2.41. The number of nitrogens with zero attached hydrogens (tertiary/aromatic N) is 1. The van der Waals surface area contributed by atoms with Crippen LogP contribution in [0.25, 0.3) is 0 Å². The Morgan fingerprint density at radius 2 is 1.77 bits per heavy atom. The van der Waals surface area contributed by atoms with Crippen LogP contribution in [-0.2, 0) is 16.0 Å². The van der Waals surface area contributed by atoms with Crippen LogP contribution in [0.15, 0.2) is 42.5 Å². The van der Waals surface area contributed by atoms with Gasteiger partial charge in [0.25, 0.3) is 0 Å². The molecule has 0 saturated heterocycles. The van der Waals surface area contributed by atoms with E-state index >= 15 is 0 Å². The molecular formula is C22H20ClF3N2O3. The molecule has 1 amide bonds. The smallest absolute Gasteiger partial charge is 0.392 e. The molecule has 0 aliphatic carbocycles. The number of nitrogens with one attached hydrogen (secondary N) is 1. The van der Waals surface area contributed by atoms with E-state index in [9.17, 15) is 28.0 Å². The van der Waals surface area contributed by atoms with E-state index in [0.29, 0.717) is 10.6 Å². The first-order chi connectivity index (χ1) is 14.4. The third-order valence-corrected chi connectivity index (χ3v) is 5.21. The Hall–Kier alpha value is -3.05. The van der Waals surface area contributed by atoms with Gasteiger partial charge in [-0.3, -0.25) is 9.59 Å². The van der Waals surface area contributed by atoms with Crippen molar-refractivity contribution in [2.75, 3.05) is 5.32 Å². The van der Waals surface area contributed by atoms with E-state index in [-0.39, 0.29) is 23.2 Å². The summed E-state index contributed by atoms with van der Waals surface area (Å²) in [4.78, 5) is 24.0. The highest BCUT2D eigenvalue weighted by Crippen LogP contribution is 2.38. The maximum Gasteiger partial charge on any atom is 0.392 e. The molecule has 9 heteroatoms. The van der Waals surface area contributed by atoms with Crippen molar-refractivity contribution in [2.45, 2.75) is 32.4 Å². The Bertz CT molecular complexity index is 1000. The molecule has 0 heterocycles. The molecule has 0 aliphatic rings. The van der Waals surface area contributed by atoms with Gasteiger partial charge in [-0.05, 0) is 41.8 Å². The predicted molar refractivity (Wildman–Crippen MR) is 110 cm³/mol. The Morgan fingerprint density at radius 1 is 1.16 bits per heavy atom. The quantitative estimate of drug-likeness (QED) is 0.588. The fraction of sp³-hybridized carbons (Fsp3) is 0.318. The summed E-state index contributed by atoms with van der Waals surface area (Å²) in [6.07, 6.45) is -4.51. The maximum atomic E-state index is 13.5. The number of carbonyl (C=O) groups excluding carboxylic acids is 1. The molecule has 0 radical (unpaired) electrons. The van der Waals surface area contributed by atoms with E-state index in [4.69, 9.17) is 16.7 Å². The second-order valence-corrected chi connectivity index (χ2v) is 7.72. The Kier molecular flexibility index (Phi) is 7.69. The minimum Gasteiger partial charge on any atom is -0.481 e. The molecule has 3 atom stereocenters. The van der Waals surface area contributed by atoms with E-state index in [1.54, 1.807) is 6.07 Å². The van der Waals surface area contributed by atoms with Crippen molar-refractivity contribution in [1.82, 2.24) is 0 Å². The first-order valence-corrected chi connectivity index (χ1v) is 9.70. The summed E-state index contributed by atoms with van der Waals surface area (Å²) in [5.74, 6) is -6.26. The SMILES string of the molecule is CC(Cc1ccc(C#N)c(NC(=O)[C@H](c2ccc(Cl)cc2)[C@@H](C)C(F)(F)F)c1)C(=O)O. The molecule has 0 spiro atoms. The van der Waals surface area contributed by atoms with Gasteiger partial charge in [0.2, 0.25) is 5.91 Å². The second kappa shape index (κ2) is 9.84. The van der Waals surface area contributed by atoms with Crippen LogP contribution in [0.4, 0.5) is 18.9 Å². The topological polar surface area (TPSA) is 90.2 Å². The molecule has 2 aromatic rings. The highest BCUT2D eigenvalue weighted by Gasteiger charge is 2.45. The van der Waals surface area contributed by atoms with Crippen LogP contribution < -0.4 is 5.32 Å². The normalized spacial score (nSPS) is 14.2. The van der Waals surface area contributed by atoms with Crippen molar-refractivity contribution < 1.29 is 27.9 Å². The summed E-state index contributed by atoms with van der Waals surface area (Å²) in [6.45, 7) is 2.41. The molecule has 0 saturated carbocycles. The molecule has 2 N–H and O–H groups in total. The summed E-state index contributed by atoms with van der Waals surface area (Å²) < 4.78 is 40.4. The molecule has 0 aliphatic heterocycles. The van der Waals surface area contributed by atoms with Gasteiger partial charge in [0.15, 0.2) is 0 Å². The van der Waals surface area contributed by atoms with Crippen molar-refractivity contribution in [2.24, 2.45) is 11.8 Å². The van der Waals surface area contributed by atoms with Crippen LogP contribution in [0, 0.1) is 23.2 Å². The number of amides is 1. The molecule has 2 rings (SSSR count). The molecule has 1 unspecified atom stereocenters. The van der Waals surface area contributed by atoms with Gasteiger partial charge < -0.3 is 10.4 Å². The van der Waals surface area contributed by atoms with Gasteiger partial charge in [0, 0.05) is 5.02 Å². The van der Waals surface area contributed by atoms with E-state index in [1.165, 1.54) is 43.3 Å². The number of hydrogen-bond donors (Lipinski definition) is 2. The molecule has 164 valence electrons. The van der Waals surface area contributed by atoms with Gasteiger partial charge in [0.1, 0.15) is 6.07 Å². The Labute approximate surface area is 182 Å². The zero-order valence-electron chi connectivity index (χ0n) is 16.7. The monoisotopic (exact) mass is 452 g/mol. The van der Waals surface area contributed by atoms with Crippen LogP contribution in [0.5, 0.6) is 0 Å². The van der Waals surface area contributed by atoms with Crippen molar-refractivity contribution in [3.63, 3.8) is 0 Å². The molecule has 0 bridgehead atoms. The lowest BCUT2D eigenvalue weighted by atomic mass is 9.85. The molecule has 31 heavy (non-hydrogen) atoms. The van der Waals surface area contributed by atoms with E-state index in [0.717, 1.165) is 6.92 Å². The standard InChI is InChI=1S/C22H20ClF3N2O3/c1-12(21(30)31)9-14-3-4-16(11-27)18(10-14)28-20(29)19(13(2)22(24,25)26)15-5-7-17(23)8-6-15/h3-8,10,12-13,19H,9H2,1-2H3,(H,28,29)(H,30,31)/t12?,13-,19+/m1/s1. The zero-order valence-corrected chi connectivity index (χ0v) is 17.5. The summed E-state index contributed by atoms with van der Waals surface area (Å²) >= 11 is 5.82. The van der Waals surface area contributed by atoms with Gasteiger partial charge in [-0.25, -0.2) is 0 Å². The first kappa shape index (κ1) is 24.2. The first-order valence-electron chi connectivity index (χ1n) is 9.33. The number of anilines is 1. The number of carboxylic acid groups (broad SMARTS) is 1.